The number of hydrogen-bond donors (Lipinski definition) is 2. The van der Waals surface area contributed by atoms with Gasteiger partial charge in [0.05, 0.1) is 0 Å². The number of halogens is 2. The second-order valence-electron chi connectivity index (χ2n) is 4.63. The van der Waals surface area contributed by atoms with Crippen molar-refractivity contribution in [2.75, 3.05) is 0 Å². The van der Waals surface area contributed by atoms with Crippen molar-refractivity contribution in [3.05, 3.63) is 35.4 Å². The fourth-order valence-corrected chi connectivity index (χ4v) is 2.49. The molecule has 0 radical (unpaired) electrons. The third-order valence-corrected chi connectivity index (χ3v) is 3.56. The molecule has 1 spiro atoms. The van der Waals surface area contributed by atoms with Crippen LogP contribution >= 0.6 is 0 Å². The first-order valence-corrected chi connectivity index (χ1v) is 5.57. The van der Waals surface area contributed by atoms with Crippen molar-refractivity contribution in [2.24, 2.45) is 5.41 Å². The lowest BCUT2D eigenvalue weighted by Crippen LogP contribution is -2.57. The van der Waals surface area contributed by atoms with Crippen LogP contribution in [0.1, 0.15) is 17.9 Å². The van der Waals surface area contributed by atoms with Crippen molar-refractivity contribution in [3.8, 4) is 0 Å². The van der Waals surface area contributed by atoms with Crippen molar-refractivity contribution in [2.45, 2.75) is 12.3 Å². The lowest BCUT2D eigenvalue weighted by molar-refractivity contribution is -0.138. The molecule has 1 saturated carbocycles. The molecule has 5 nitrogen and oxygen atoms in total. The summed E-state index contributed by atoms with van der Waals surface area (Å²) in [6.07, 6.45) is 0.0977. The molecule has 2 fully saturated rings. The summed E-state index contributed by atoms with van der Waals surface area (Å²) in [5, 5.41) is 3.97. The molecule has 1 aliphatic carbocycles. The van der Waals surface area contributed by atoms with E-state index in [9.17, 15) is 23.2 Å². The van der Waals surface area contributed by atoms with E-state index in [1.54, 1.807) is 0 Å². The van der Waals surface area contributed by atoms with Crippen LogP contribution in [0, 0.1) is 17.0 Å². The Morgan fingerprint density at radius 2 is 1.74 bits per heavy atom. The van der Waals surface area contributed by atoms with E-state index in [1.165, 1.54) is 6.07 Å². The highest BCUT2D eigenvalue weighted by Crippen LogP contribution is 2.60. The van der Waals surface area contributed by atoms with E-state index in [2.05, 4.69) is 0 Å². The third-order valence-electron chi connectivity index (χ3n) is 3.56. The van der Waals surface area contributed by atoms with Crippen LogP contribution in [0.3, 0.4) is 0 Å². The number of carbonyl (C=O) groups is 3. The average Bonchev–Trinajstić information content (AvgIpc) is 3.03. The number of amides is 4. The molecular weight excluding hydrogens is 258 g/mol. The van der Waals surface area contributed by atoms with Gasteiger partial charge < -0.3 is 0 Å². The molecule has 1 unspecified atom stereocenters. The van der Waals surface area contributed by atoms with Crippen molar-refractivity contribution in [1.82, 2.24) is 10.6 Å². The zero-order valence-corrected chi connectivity index (χ0v) is 9.50. The summed E-state index contributed by atoms with van der Waals surface area (Å²) in [5.41, 5.74) is -1.35. The van der Waals surface area contributed by atoms with E-state index in [-0.39, 0.29) is 12.0 Å². The molecule has 1 atom stereocenters. The average molecular weight is 266 g/mol. The summed E-state index contributed by atoms with van der Waals surface area (Å²) >= 11 is 0. The number of nitrogens with one attached hydrogen (secondary N) is 2. The van der Waals surface area contributed by atoms with Crippen molar-refractivity contribution in [1.29, 1.82) is 0 Å². The third kappa shape index (κ3) is 1.54. The number of hydrogen-bond acceptors (Lipinski definition) is 3. The summed E-state index contributed by atoms with van der Waals surface area (Å²) in [6, 6.07) is 2.09. The summed E-state index contributed by atoms with van der Waals surface area (Å²) < 4.78 is 26.5. The maximum Gasteiger partial charge on any atom is 0.328 e. The van der Waals surface area contributed by atoms with Crippen molar-refractivity contribution >= 4 is 17.8 Å². The number of benzene rings is 1. The van der Waals surface area contributed by atoms with E-state index in [1.807, 2.05) is 10.6 Å². The fourth-order valence-electron chi connectivity index (χ4n) is 2.49. The van der Waals surface area contributed by atoms with Crippen LogP contribution in [0.2, 0.25) is 0 Å². The zero-order chi connectivity index (χ0) is 13.8. The molecule has 0 bridgehead atoms. The molecule has 4 amide bonds. The molecule has 1 aromatic carbocycles. The van der Waals surface area contributed by atoms with E-state index < -0.39 is 40.8 Å². The topological polar surface area (TPSA) is 75.3 Å². The second-order valence-corrected chi connectivity index (χ2v) is 4.63. The van der Waals surface area contributed by atoms with Gasteiger partial charge in [-0.3, -0.25) is 20.2 Å². The minimum atomic E-state index is -1.45. The van der Waals surface area contributed by atoms with Crippen molar-refractivity contribution < 1.29 is 23.2 Å². The van der Waals surface area contributed by atoms with Gasteiger partial charge in [0.2, 0.25) is 11.8 Å². The highest BCUT2D eigenvalue weighted by Gasteiger charge is 2.68. The van der Waals surface area contributed by atoms with Gasteiger partial charge in [-0.25, -0.2) is 13.6 Å². The first kappa shape index (κ1) is 11.8. The normalized spacial score (nSPS) is 24.1. The Hall–Kier alpha value is -2.31. The quantitative estimate of drug-likeness (QED) is 0.738. The molecule has 3 rings (SSSR count). The van der Waals surface area contributed by atoms with Crippen LogP contribution in [0.5, 0.6) is 0 Å². The predicted molar refractivity (Wildman–Crippen MR) is 57.8 cm³/mol. The summed E-state index contributed by atoms with van der Waals surface area (Å²) in [5.74, 6) is -3.70. The highest BCUT2D eigenvalue weighted by atomic mass is 19.1. The fraction of sp³-hybridized carbons (Fsp3) is 0.250. The monoisotopic (exact) mass is 266 g/mol. The Balaban J connectivity index is 1.96. The van der Waals surface area contributed by atoms with Crippen LogP contribution in [0.4, 0.5) is 13.6 Å². The Kier molecular flexibility index (Phi) is 2.23. The molecule has 2 N–H and O–H groups in total. The predicted octanol–water partition coefficient (Wildman–Crippen LogP) is 0.804. The standard InChI is InChI=1S/C12H8F2N2O3/c13-5-1-2-6(8(14)3-5)7-4-12(7)9(17)15-11(19)16-10(12)18/h1-3,7H,4H2,(H2,15,16,17,18,19). The Morgan fingerprint density at radius 1 is 1.11 bits per heavy atom. The van der Waals surface area contributed by atoms with E-state index in [4.69, 9.17) is 0 Å². The number of rotatable bonds is 1. The van der Waals surface area contributed by atoms with Crippen LogP contribution in [-0.4, -0.2) is 17.8 Å². The number of barbiturate groups is 1. The van der Waals surface area contributed by atoms with E-state index in [0.717, 1.165) is 6.07 Å². The number of imide groups is 2. The van der Waals surface area contributed by atoms with Gasteiger partial charge >= 0.3 is 6.03 Å². The second kappa shape index (κ2) is 3.59. The highest BCUT2D eigenvalue weighted by molar-refractivity contribution is 6.22. The molecule has 98 valence electrons. The van der Waals surface area contributed by atoms with Gasteiger partial charge in [0.25, 0.3) is 0 Å². The smallest absolute Gasteiger partial charge is 0.277 e. The maximum absolute atomic E-state index is 13.6. The Labute approximate surface area is 106 Å². The molecule has 19 heavy (non-hydrogen) atoms. The van der Waals surface area contributed by atoms with Crippen LogP contribution in [0.25, 0.3) is 0 Å². The van der Waals surface area contributed by atoms with Gasteiger partial charge in [0, 0.05) is 12.0 Å². The molecule has 7 heteroatoms. The SMILES string of the molecule is O=C1NC(=O)C2(CC2c2ccc(F)cc2F)C(=O)N1. The molecule has 1 saturated heterocycles. The summed E-state index contributed by atoms with van der Waals surface area (Å²) in [6.45, 7) is 0. The Morgan fingerprint density at radius 3 is 2.32 bits per heavy atom. The molecule has 0 aromatic heterocycles. The lowest BCUT2D eigenvalue weighted by Gasteiger charge is -2.21. The summed E-state index contributed by atoms with van der Waals surface area (Å²) in [4.78, 5) is 34.5. The van der Waals surface area contributed by atoms with Gasteiger partial charge in [-0.15, -0.1) is 0 Å². The lowest BCUT2D eigenvalue weighted by atomic mass is 9.95. The molecule has 1 aliphatic heterocycles. The van der Waals surface area contributed by atoms with E-state index in [0.29, 0.717) is 6.07 Å². The Bertz CT molecular complexity index is 609. The molecule has 1 aromatic rings. The first-order valence-electron chi connectivity index (χ1n) is 5.57. The first-order chi connectivity index (χ1) is 8.95. The largest absolute Gasteiger partial charge is 0.328 e. The number of urea groups is 1. The minimum Gasteiger partial charge on any atom is -0.277 e. The van der Waals surface area contributed by atoms with E-state index >= 15 is 0 Å². The van der Waals surface area contributed by atoms with Crippen LogP contribution in [-0.2, 0) is 9.59 Å². The van der Waals surface area contributed by atoms with Crippen LogP contribution in [0.15, 0.2) is 18.2 Å². The molecular formula is C12H8F2N2O3. The molecule has 2 aliphatic rings. The van der Waals surface area contributed by atoms with Gasteiger partial charge in [0.1, 0.15) is 17.0 Å². The maximum atomic E-state index is 13.6. The van der Waals surface area contributed by atoms with Gasteiger partial charge in [-0.2, -0.15) is 0 Å². The van der Waals surface area contributed by atoms with Crippen molar-refractivity contribution in [3.63, 3.8) is 0 Å². The minimum absolute atomic E-state index is 0.0977. The summed E-state index contributed by atoms with van der Waals surface area (Å²) in [7, 11) is 0. The van der Waals surface area contributed by atoms with Gasteiger partial charge in [0.15, 0.2) is 0 Å². The zero-order valence-electron chi connectivity index (χ0n) is 9.50. The number of carbonyl (C=O) groups excluding carboxylic acids is 3. The molecule has 1 heterocycles. The van der Waals surface area contributed by atoms with Gasteiger partial charge in [-0.05, 0) is 18.1 Å². The van der Waals surface area contributed by atoms with Crippen LogP contribution < -0.4 is 10.6 Å². The van der Waals surface area contributed by atoms with Gasteiger partial charge in [-0.1, -0.05) is 6.07 Å².